The van der Waals surface area contributed by atoms with Gasteiger partial charge in [0.1, 0.15) is 5.84 Å². The van der Waals surface area contributed by atoms with Crippen molar-refractivity contribution in [1.82, 2.24) is 0 Å². The molecule has 0 aliphatic heterocycles. The summed E-state index contributed by atoms with van der Waals surface area (Å²) in [6, 6.07) is 35.4. The monoisotopic (exact) mass is 416 g/mol. The molecule has 4 rings (SSSR count). The Morgan fingerprint density at radius 2 is 1.14 bits per heavy atom. The van der Waals surface area contributed by atoms with E-state index in [1.807, 2.05) is 109 Å². The Bertz CT molecular complexity index is 1130. The van der Waals surface area contributed by atoms with Gasteiger partial charge in [0.25, 0.3) is 0 Å². The van der Waals surface area contributed by atoms with Crippen molar-refractivity contribution in [2.24, 2.45) is 4.99 Å². The molecule has 0 atom stereocenters. The molecule has 0 aliphatic rings. The third kappa shape index (κ3) is 4.34. The number of benzene rings is 4. The minimum atomic E-state index is 0.591. The fourth-order valence-corrected chi connectivity index (χ4v) is 3.47. The molecule has 0 spiro atoms. The summed E-state index contributed by atoms with van der Waals surface area (Å²) in [6.45, 7) is 0. The standard InChI is InChI=1S/C25H18Cl2N2/c26-21-15-7-9-17-23(21)28-25(19-11-3-1-4-12-19)29(20-13-5-2-6-14-20)24-18-10-8-16-22(24)27/h1-18H. The molecule has 4 aromatic rings. The first-order valence-electron chi connectivity index (χ1n) is 9.22. The van der Waals surface area contributed by atoms with Crippen LogP contribution in [0.2, 0.25) is 10.0 Å². The van der Waals surface area contributed by atoms with Gasteiger partial charge in [-0.3, -0.25) is 4.90 Å². The number of hydrogen-bond acceptors (Lipinski definition) is 1. The molecule has 0 radical (unpaired) electrons. The Labute approximate surface area is 180 Å². The zero-order chi connectivity index (χ0) is 20.1. The van der Waals surface area contributed by atoms with E-state index in [4.69, 9.17) is 28.2 Å². The van der Waals surface area contributed by atoms with Crippen molar-refractivity contribution in [3.63, 3.8) is 0 Å². The van der Waals surface area contributed by atoms with Gasteiger partial charge < -0.3 is 0 Å². The first-order valence-corrected chi connectivity index (χ1v) is 9.98. The highest BCUT2D eigenvalue weighted by molar-refractivity contribution is 6.35. The maximum absolute atomic E-state index is 6.61. The fourth-order valence-electron chi connectivity index (χ4n) is 3.07. The van der Waals surface area contributed by atoms with Crippen molar-refractivity contribution in [2.75, 3.05) is 4.90 Å². The number of amidine groups is 1. The van der Waals surface area contributed by atoms with Crippen LogP contribution in [0.3, 0.4) is 0 Å². The van der Waals surface area contributed by atoms with Crippen LogP contribution in [0.5, 0.6) is 0 Å². The van der Waals surface area contributed by atoms with E-state index in [0.717, 1.165) is 22.8 Å². The molecule has 0 fully saturated rings. The summed E-state index contributed by atoms with van der Waals surface area (Å²) in [4.78, 5) is 7.03. The van der Waals surface area contributed by atoms with Crippen molar-refractivity contribution in [1.29, 1.82) is 0 Å². The van der Waals surface area contributed by atoms with E-state index in [-0.39, 0.29) is 0 Å². The van der Waals surface area contributed by atoms with Gasteiger partial charge in [-0.05, 0) is 36.4 Å². The quantitative estimate of drug-likeness (QED) is 0.243. The van der Waals surface area contributed by atoms with Gasteiger partial charge in [0.15, 0.2) is 0 Å². The van der Waals surface area contributed by atoms with E-state index in [1.165, 1.54) is 0 Å². The highest BCUT2D eigenvalue weighted by Gasteiger charge is 2.20. The van der Waals surface area contributed by atoms with Gasteiger partial charge in [-0.2, -0.15) is 0 Å². The second-order valence-electron chi connectivity index (χ2n) is 6.38. The lowest BCUT2D eigenvalue weighted by molar-refractivity contribution is 1.31. The maximum atomic E-state index is 6.61. The first kappa shape index (κ1) is 19.3. The zero-order valence-electron chi connectivity index (χ0n) is 15.5. The van der Waals surface area contributed by atoms with Crippen molar-refractivity contribution in [2.45, 2.75) is 0 Å². The van der Waals surface area contributed by atoms with Gasteiger partial charge in [0.2, 0.25) is 0 Å². The summed E-state index contributed by atoms with van der Waals surface area (Å²) < 4.78 is 0. The second-order valence-corrected chi connectivity index (χ2v) is 7.19. The van der Waals surface area contributed by atoms with Crippen LogP contribution >= 0.6 is 23.2 Å². The molecule has 0 saturated heterocycles. The summed E-state index contributed by atoms with van der Waals surface area (Å²) in [5.41, 5.74) is 3.45. The Kier molecular flexibility index (Phi) is 5.95. The molecule has 4 aromatic carbocycles. The molecule has 0 aliphatic carbocycles. The van der Waals surface area contributed by atoms with Crippen molar-refractivity contribution in [3.8, 4) is 0 Å². The topological polar surface area (TPSA) is 15.6 Å². The number of aliphatic imine (C=N–C) groups is 1. The summed E-state index contributed by atoms with van der Waals surface area (Å²) >= 11 is 13.0. The van der Waals surface area contributed by atoms with Gasteiger partial charge in [-0.1, -0.05) is 96.0 Å². The third-order valence-electron chi connectivity index (χ3n) is 4.43. The van der Waals surface area contributed by atoms with Crippen molar-refractivity contribution in [3.05, 3.63) is 125 Å². The minimum Gasteiger partial charge on any atom is -0.293 e. The number of halogens is 2. The lowest BCUT2D eigenvalue weighted by Gasteiger charge is -2.28. The molecule has 0 bridgehead atoms. The summed E-state index contributed by atoms with van der Waals surface area (Å²) in [7, 11) is 0. The number of para-hydroxylation sites is 3. The normalized spacial score (nSPS) is 11.3. The van der Waals surface area contributed by atoms with E-state index in [2.05, 4.69) is 4.90 Å². The lowest BCUT2D eigenvalue weighted by atomic mass is 10.1. The van der Waals surface area contributed by atoms with Crippen LogP contribution in [-0.2, 0) is 0 Å². The average Bonchev–Trinajstić information content (AvgIpc) is 2.77. The minimum absolute atomic E-state index is 0.591. The molecule has 0 amide bonds. The van der Waals surface area contributed by atoms with E-state index in [9.17, 15) is 0 Å². The van der Waals surface area contributed by atoms with Crippen LogP contribution < -0.4 is 4.90 Å². The summed E-state index contributed by atoms with van der Waals surface area (Å²) in [5, 5.41) is 1.23. The SMILES string of the molecule is Clc1ccccc1N=C(c1ccccc1)N(c1ccccc1)c1ccccc1Cl. The highest BCUT2D eigenvalue weighted by atomic mass is 35.5. The average molecular weight is 417 g/mol. The number of nitrogens with zero attached hydrogens (tertiary/aromatic N) is 2. The van der Waals surface area contributed by atoms with E-state index in [1.54, 1.807) is 0 Å². The highest BCUT2D eigenvalue weighted by Crippen LogP contribution is 2.35. The van der Waals surface area contributed by atoms with E-state index >= 15 is 0 Å². The molecule has 0 N–H and O–H groups in total. The Balaban J connectivity index is 1.99. The zero-order valence-corrected chi connectivity index (χ0v) is 17.1. The Hall–Kier alpha value is -3.07. The summed E-state index contributed by atoms with van der Waals surface area (Å²) in [6.07, 6.45) is 0. The van der Waals surface area contributed by atoms with E-state index in [0.29, 0.717) is 15.7 Å². The van der Waals surface area contributed by atoms with Crippen molar-refractivity contribution >= 4 is 46.1 Å². The smallest absolute Gasteiger partial charge is 0.145 e. The van der Waals surface area contributed by atoms with Gasteiger partial charge in [-0.25, -0.2) is 4.99 Å². The van der Waals surface area contributed by atoms with Crippen LogP contribution in [0.15, 0.2) is 114 Å². The van der Waals surface area contributed by atoms with Crippen LogP contribution in [0, 0.1) is 0 Å². The fraction of sp³-hybridized carbons (Fsp3) is 0. The van der Waals surface area contributed by atoms with Gasteiger partial charge in [0.05, 0.1) is 21.4 Å². The third-order valence-corrected chi connectivity index (χ3v) is 5.07. The molecule has 0 saturated carbocycles. The lowest BCUT2D eigenvalue weighted by Crippen LogP contribution is -2.27. The number of rotatable bonds is 4. The molecule has 142 valence electrons. The molecular formula is C25H18Cl2N2. The van der Waals surface area contributed by atoms with Gasteiger partial charge >= 0.3 is 0 Å². The van der Waals surface area contributed by atoms with Crippen molar-refractivity contribution < 1.29 is 0 Å². The Morgan fingerprint density at radius 3 is 1.79 bits per heavy atom. The molecule has 2 nitrogen and oxygen atoms in total. The molecule has 4 heteroatoms. The molecule has 0 heterocycles. The van der Waals surface area contributed by atoms with Gasteiger partial charge in [0, 0.05) is 11.3 Å². The largest absolute Gasteiger partial charge is 0.293 e. The predicted molar refractivity (Wildman–Crippen MR) is 124 cm³/mol. The first-order chi connectivity index (χ1) is 14.2. The number of hydrogen-bond donors (Lipinski definition) is 0. The van der Waals surface area contributed by atoms with Crippen LogP contribution in [0.4, 0.5) is 17.1 Å². The van der Waals surface area contributed by atoms with Crippen LogP contribution in [-0.4, -0.2) is 5.84 Å². The van der Waals surface area contributed by atoms with Crippen LogP contribution in [0.1, 0.15) is 5.56 Å². The van der Waals surface area contributed by atoms with E-state index < -0.39 is 0 Å². The predicted octanol–water partition coefficient (Wildman–Crippen LogP) is 7.91. The molecule has 0 unspecified atom stereocenters. The number of anilines is 2. The Morgan fingerprint density at radius 1 is 0.586 bits per heavy atom. The molecule has 0 aromatic heterocycles. The van der Waals surface area contributed by atoms with Gasteiger partial charge in [-0.15, -0.1) is 0 Å². The molecule has 29 heavy (non-hydrogen) atoms. The maximum Gasteiger partial charge on any atom is 0.145 e. The second kappa shape index (κ2) is 8.95. The van der Waals surface area contributed by atoms with Crippen LogP contribution in [0.25, 0.3) is 0 Å². The summed E-state index contributed by atoms with van der Waals surface area (Å²) in [5.74, 6) is 0.734. The molecular weight excluding hydrogens is 399 g/mol.